The van der Waals surface area contributed by atoms with Gasteiger partial charge in [0.25, 0.3) is 0 Å². The van der Waals surface area contributed by atoms with E-state index < -0.39 is 0 Å². The van der Waals surface area contributed by atoms with Crippen LogP contribution in [0.25, 0.3) is 0 Å². The zero-order chi connectivity index (χ0) is 15.5. The highest BCUT2D eigenvalue weighted by atomic mass is 35.5. The number of amides is 1. The summed E-state index contributed by atoms with van der Waals surface area (Å²) in [5.74, 6) is 2.91. The summed E-state index contributed by atoms with van der Waals surface area (Å²) in [6.07, 6.45) is 1.81. The molecule has 2 aliphatic heterocycles. The maximum absolute atomic E-state index is 12.1. The Bertz CT molecular complexity index is 543. The first kappa shape index (κ1) is 17.9. The van der Waals surface area contributed by atoms with E-state index in [0.717, 1.165) is 42.9 Å². The van der Waals surface area contributed by atoms with Gasteiger partial charge in [0.05, 0.1) is 0 Å². The molecule has 6 heteroatoms. The van der Waals surface area contributed by atoms with Crippen LogP contribution in [-0.2, 0) is 4.79 Å². The molecule has 2 heterocycles. The van der Waals surface area contributed by atoms with Crippen LogP contribution in [0.5, 0.6) is 11.5 Å². The Balaban J connectivity index is 0.00000192. The lowest BCUT2D eigenvalue weighted by atomic mass is 9.92. The summed E-state index contributed by atoms with van der Waals surface area (Å²) in [5, 5.41) is 2.93. The van der Waals surface area contributed by atoms with Crippen LogP contribution < -0.4 is 14.8 Å². The molecule has 2 aliphatic rings. The SMILES string of the molecule is CC1CC(C)CN(CCC(=O)Nc2ccc3c(c2)OCO3)C1.Cl. The largest absolute Gasteiger partial charge is 0.454 e. The molecule has 1 saturated heterocycles. The lowest BCUT2D eigenvalue weighted by molar-refractivity contribution is -0.116. The molecule has 0 saturated carbocycles. The van der Waals surface area contributed by atoms with Crippen molar-refractivity contribution >= 4 is 24.0 Å². The number of likely N-dealkylation sites (tertiary alicyclic amines) is 1. The zero-order valence-corrected chi connectivity index (χ0v) is 14.5. The summed E-state index contributed by atoms with van der Waals surface area (Å²) in [6, 6.07) is 5.48. The minimum atomic E-state index is 0. The summed E-state index contributed by atoms with van der Waals surface area (Å²) in [7, 11) is 0. The number of anilines is 1. The molecule has 2 atom stereocenters. The number of benzene rings is 1. The quantitative estimate of drug-likeness (QED) is 0.914. The van der Waals surface area contributed by atoms with Gasteiger partial charge in [-0.2, -0.15) is 0 Å². The minimum absolute atomic E-state index is 0. The molecule has 1 aromatic rings. The Morgan fingerprint density at radius 3 is 2.65 bits per heavy atom. The van der Waals surface area contributed by atoms with Gasteiger partial charge in [-0.15, -0.1) is 12.4 Å². The Morgan fingerprint density at radius 2 is 1.91 bits per heavy atom. The summed E-state index contributed by atoms with van der Waals surface area (Å²) < 4.78 is 10.6. The lowest BCUT2D eigenvalue weighted by Gasteiger charge is -2.34. The fourth-order valence-corrected chi connectivity index (χ4v) is 3.43. The van der Waals surface area contributed by atoms with Gasteiger partial charge in [0, 0.05) is 37.8 Å². The van der Waals surface area contributed by atoms with E-state index >= 15 is 0 Å². The van der Waals surface area contributed by atoms with Crippen molar-refractivity contribution in [3.63, 3.8) is 0 Å². The van der Waals surface area contributed by atoms with Crippen molar-refractivity contribution < 1.29 is 14.3 Å². The normalized spacial score (nSPS) is 23.2. The predicted octanol–water partition coefficient (Wildman–Crippen LogP) is 3.14. The van der Waals surface area contributed by atoms with Crippen LogP contribution in [0.3, 0.4) is 0 Å². The predicted molar refractivity (Wildman–Crippen MR) is 92.4 cm³/mol. The Morgan fingerprint density at radius 1 is 1.22 bits per heavy atom. The molecular formula is C17H25ClN2O3. The average Bonchev–Trinajstić information content (AvgIpc) is 2.92. The van der Waals surface area contributed by atoms with Crippen LogP contribution in [-0.4, -0.2) is 37.2 Å². The van der Waals surface area contributed by atoms with Gasteiger partial charge in [0.1, 0.15) is 0 Å². The molecule has 1 aromatic carbocycles. The number of fused-ring (bicyclic) bond motifs is 1. The molecule has 1 amide bonds. The number of nitrogens with zero attached hydrogens (tertiary/aromatic N) is 1. The number of carbonyl (C=O) groups excluding carboxylic acids is 1. The molecule has 1 fully saturated rings. The molecule has 1 N–H and O–H groups in total. The molecule has 23 heavy (non-hydrogen) atoms. The highest BCUT2D eigenvalue weighted by molar-refractivity contribution is 5.91. The number of hydrogen-bond donors (Lipinski definition) is 1. The second-order valence-electron chi connectivity index (χ2n) is 6.57. The second kappa shape index (κ2) is 7.88. The van der Waals surface area contributed by atoms with Crippen LogP contribution in [0.4, 0.5) is 5.69 Å². The van der Waals surface area contributed by atoms with Crippen LogP contribution >= 0.6 is 12.4 Å². The molecule has 0 aliphatic carbocycles. The van der Waals surface area contributed by atoms with Gasteiger partial charge in [0.2, 0.25) is 12.7 Å². The van der Waals surface area contributed by atoms with E-state index in [1.165, 1.54) is 6.42 Å². The van der Waals surface area contributed by atoms with Gasteiger partial charge >= 0.3 is 0 Å². The van der Waals surface area contributed by atoms with E-state index in [9.17, 15) is 4.79 Å². The lowest BCUT2D eigenvalue weighted by Crippen LogP contribution is -2.40. The van der Waals surface area contributed by atoms with E-state index in [1.807, 2.05) is 18.2 Å². The molecule has 2 unspecified atom stereocenters. The summed E-state index contributed by atoms with van der Waals surface area (Å²) in [6.45, 7) is 7.84. The number of halogens is 1. The number of carbonyl (C=O) groups is 1. The number of rotatable bonds is 4. The minimum Gasteiger partial charge on any atom is -0.454 e. The number of ether oxygens (including phenoxy) is 2. The van der Waals surface area contributed by atoms with E-state index in [1.54, 1.807) is 0 Å². The number of piperidine rings is 1. The fourth-order valence-electron chi connectivity index (χ4n) is 3.43. The van der Waals surface area contributed by atoms with E-state index in [2.05, 4.69) is 24.1 Å². The Labute approximate surface area is 143 Å². The van der Waals surface area contributed by atoms with Crippen molar-refractivity contribution in [1.82, 2.24) is 4.90 Å². The molecule has 0 spiro atoms. The Hall–Kier alpha value is -1.46. The van der Waals surface area contributed by atoms with Crippen LogP contribution in [0.1, 0.15) is 26.7 Å². The molecule has 3 rings (SSSR count). The van der Waals surface area contributed by atoms with Gasteiger partial charge in [0.15, 0.2) is 11.5 Å². The number of nitrogens with one attached hydrogen (secondary N) is 1. The van der Waals surface area contributed by atoms with Gasteiger partial charge in [-0.25, -0.2) is 0 Å². The first-order chi connectivity index (χ1) is 10.6. The third kappa shape index (κ3) is 4.75. The smallest absolute Gasteiger partial charge is 0.231 e. The fraction of sp³-hybridized carbons (Fsp3) is 0.588. The molecule has 0 aromatic heterocycles. The van der Waals surface area contributed by atoms with Crippen molar-refractivity contribution in [2.24, 2.45) is 11.8 Å². The number of hydrogen-bond acceptors (Lipinski definition) is 4. The van der Waals surface area contributed by atoms with Crippen LogP contribution in [0.15, 0.2) is 18.2 Å². The summed E-state index contributed by atoms with van der Waals surface area (Å²) in [4.78, 5) is 14.5. The molecule has 5 nitrogen and oxygen atoms in total. The molecule has 128 valence electrons. The van der Waals surface area contributed by atoms with Crippen LogP contribution in [0, 0.1) is 11.8 Å². The maximum atomic E-state index is 12.1. The van der Waals surface area contributed by atoms with Gasteiger partial charge in [-0.3, -0.25) is 4.79 Å². The first-order valence-electron chi connectivity index (χ1n) is 8.02. The first-order valence-corrected chi connectivity index (χ1v) is 8.02. The van der Waals surface area contributed by atoms with E-state index in [-0.39, 0.29) is 25.1 Å². The van der Waals surface area contributed by atoms with E-state index in [4.69, 9.17) is 9.47 Å². The van der Waals surface area contributed by atoms with Crippen molar-refractivity contribution in [1.29, 1.82) is 0 Å². The molecule has 0 radical (unpaired) electrons. The van der Waals surface area contributed by atoms with Gasteiger partial charge in [-0.05, 0) is 30.4 Å². The van der Waals surface area contributed by atoms with Crippen molar-refractivity contribution in [3.8, 4) is 11.5 Å². The summed E-state index contributed by atoms with van der Waals surface area (Å²) >= 11 is 0. The van der Waals surface area contributed by atoms with Crippen molar-refractivity contribution in [3.05, 3.63) is 18.2 Å². The average molecular weight is 341 g/mol. The van der Waals surface area contributed by atoms with Gasteiger partial charge in [-0.1, -0.05) is 13.8 Å². The monoisotopic (exact) mass is 340 g/mol. The topological polar surface area (TPSA) is 50.8 Å². The van der Waals surface area contributed by atoms with Crippen molar-refractivity contribution in [2.45, 2.75) is 26.7 Å². The highest BCUT2D eigenvalue weighted by Gasteiger charge is 2.22. The highest BCUT2D eigenvalue weighted by Crippen LogP contribution is 2.34. The summed E-state index contributed by atoms with van der Waals surface area (Å²) in [5.41, 5.74) is 0.759. The third-order valence-corrected chi connectivity index (χ3v) is 4.26. The maximum Gasteiger partial charge on any atom is 0.231 e. The van der Waals surface area contributed by atoms with Gasteiger partial charge < -0.3 is 19.7 Å². The van der Waals surface area contributed by atoms with Crippen molar-refractivity contribution in [2.75, 3.05) is 31.7 Å². The second-order valence-corrected chi connectivity index (χ2v) is 6.57. The standard InChI is InChI=1S/C17H24N2O3.ClH/c1-12-7-13(2)10-19(9-12)6-5-17(20)18-14-3-4-15-16(8-14)22-11-21-15;/h3-4,8,12-13H,5-7,9-11H2,1-2H3,(H,18,20);1H. The van der Waals surface area contributed by atoms with E-state index in [0.29, 0.717) is 12.2 Å². The molecule has 0 bridgehead atoms. The third-order valence-electron chi connectivity index (χ3n) is 4.26. The Kier molecular flexibility index (Phi) is 6.13. The molecular weight excluding hydrogens is 316 g/mol. The van der Waals surface area contributed by atoms with Crippen LogP contribution in [0.2, 0.25) is 0 Å². The zero-order valence-electron chi connectivity index (χ0n) is 13.7.